The summed E-state index contributed by atoms with van der Waals surface area (Å²) in [5.41, 5.74) is 1.24. The fraction of sp³-hybridized carbons (Fsp3) is 0.357. The first-order valence-electron chi connectivity index (χ1n) is 6.24. The highest BCUT2D eigenvalue weighted by Gasteiger charge is 2.38. The van der Waals surface area contributed by atoms with E-state index in [1.54, 1.807) is 0 Å². The molecule has 0 spiro atoms. The molecule has 128 valence electrons. The Labute approximate surface area is 127 Å². The molecule has 3 N–H and O–H groups in total. The van der Waals surface area contributed by atoms with E-state index in [1.807, 2.05) is 0 Å². The quantitative estimate of drug-likeness (QED) is 0.639. The van der Waals surface area contributed by atoms with E-state index in [0.717, 1.165) is 6.08 Å². The molecule has 2 atom stereocenters. The lowest BCUT2D eigenvalue weighted by atomic mass is 9.90. The molecule has 0 heterocycles. The van der Waals surface area contributed by atoms with E-state index in [-0.39, 0.29) is 6.07 Å². The van der Waals surface area contributed by atoms with Crippen LogP contribution in [-0.2, 0) is 17.1 Å². The molecule has 0 saturated heterocycles. The van der Waals surface area contributed by atoms with Gasteiger partial charge in [0.05, 0.1) is 29.7 Å². The van der Waals surface area contributed by atoms with Crippen LogP contribution in [-0.4, -0.2) is 17.4 Å². The van der Waals surface area contributed by atoms with Gasteiger partial charge >= 0.3 is 12.4 Å². The number of nitrogens with two attached hydrogens (primary N) is 1. The Hall–Kier alpha value is -1.87. The van der Waals surface area contributed by atoms with Crippen LogP contribution in [0.4, 0.5) is 26.3 Å². The molecule has 1 rings (SSSR count). The van der Waals surface area contributed by atoms with Crippen LogP contribution in [0.2, 0.25) is 0 Å². The van der Waals surface area contributed by atoms with Gasteiger partial charge in [0.25, 0.3) is 0 Å². The van der Waals surface area contributed by atoms with Crippen LogP contribution < -0.4 is 5.73 Å². The fourth-order valence-electron chi connectivity index (χ4n) is 1.93. The van der Waals surface area contributed by atoms with Crippen LogP contribution in [0.15, 0.2) is 30.9 Å². The van der Waals surface area contributed by atoms with Gasteiger partial charge in [0.1, 0.15) is 0 Å². The van der Waals surface area contributed by atoms with Gasteiger partial charge in [-0.3, -0.25) is 4.79 Å². The van der Waals surface area contributed by atoms with Crippen molar-refractivity contribution in [2.45, 2.75) is 18.5 Å². The average Bonchev–Trinajstić information content (AvgIpc) is 2.45. The van der Waals surface area contributed by atoms with E-state index >= 15 is 0 Å². The van der Waals surface area contributed by atoms with Gasteiger partial charge < -0.3 is 10.8 Å². The van der Waals surface area contributed by atoms with Gasteiger partial charge in [-0.15, -0.1) is 6.58 Å². The van der Waals surface area contributed by atoms with Crippen molar-refractivity contribution in [3.8, 4) is 0 Å². The van der Waals surface area contributed by atoms with Crippen molar-refractivity contribution >= 4 is 5.78 Å². The molecule has 0 unspecified atom stereocenters. The van der Waals surface area contributed by atoms with Crippen LogP contribution in [0, 0.1) is 5.92 Å². The first-order chi connectivity index (χ1) is 10.4. The molecule has 0 aliphatic rings. The number of carbonyl (C=O) groups excluding carboxylic acids is 1. The third-order valence-electron chi connectivity index (χ3n) is 3.12. The Kier molecular flexibility index (Phi) is 5.60. The van der Waals surface area contributed by atoms with Crippen molar-refractivity contribution in [2.75, 3.05) is 6.54 Å². The molecule has 23 heavy (non-hydrogen) atoms. The average molecular weight is 341 g/mol. The second-order valence-corrected chi connectivity index (χ2v) is 4.72. The number of Topliss-reactive ketones (excluding diaryl/α,β-unsaturated/α-hetero) is 1. The summed E-state index contributed by atoms with van der Waals surface area (Å²) < 4.78 is 76.5. The molecule has 3 nitrogen and oxygen atoms in total. The van der Waals surface area contributed by atoms with E-state index < -0.39 is 53.4 Å². The lowest BCUT2D eigenvalue weighted by Crippen LogP contribution is -2.27. The van der Waals surface area contributed by atoms with Gasteiger partial charge in [-0.25, -0.2) is 0 Å². The number of hydrogen-bond acceptors (Lipinski definition) is 3. The van der Waals surface area contributed by atoms with Crippen LogP contribution in [0.1, 0.15) is 22.8 Å². The van der Waals surface area contributed by atoms with E-state index in [1.165, 1.54) is 0 Å². The highest BCUT2D eigenvalue weighted by molar-refractivity contribution is 5.85. The number of halogens is 6. The zero-order valence-electron chi connectivity index (χ0n) is 11.6. The summed E-state index contributed by atoms with van der Waals surface area (Å²) in [5, 5.41) is 9.98. The number of benzene rings is 1. The predicted molar refractivity (Wildman–Crippen MR) is 69.2 cm³/mol. The maximum Gasteiger partial charge on any atom is 0.416 e. The summed E-state index contributed by atoms with van der Waals surface area (Å²) in [6, 6.07) is 0.657. The molecule has 0 fully saturated rings. The van der Waals surface area contributed by atoms with Gasteiger partial charge in [0, 0.05) is 0 Å². The Morgan fingerprint density at radius 3 is 1.87 bits per heavy atom. The van der Waals surface area contributed by atoms with Crippen molar-refractivity contribution in [3.05, 3.63) is 47.5 Å². The monoisotopic (exact) mass is 341 g/mol. The fourth-order valence-corrected chi connectivity index (χ4v) is 1.93. The molecule has 0 aliphatic heterocycles. The van der Waals surface area contributed by atoms with Gasteiger partial charge in [-0.1, -0.05) is 6.08 Å². The largest absolute Gasteiger partial charge is 0.416 e. The van der Waals surface area contributed by atoms with Crippen molar-refractivity contribution in [3.63, 3.8) is 0 Å². The Bertz CT molecular complexity index is 562. The minimum absolute atomic E-state index is 0.0656. The number of hydrogen-bond donors (Lipinski definition) is 2. The summed E-state index contributed by atoms with van der Waals surface area (Å²) >= 11 is 0. The zero-order chi connectivity index (χ0) is 18.0. The van der Waals surface area contributed by atoms with Crippen molar-refractivity contribution in [1.29, 1.82) is 0 Å². The second-order valence-electron chi connectivity index (χ2n) is 4.72. The third-order valence-corrected chi connectivity index (χ3v) is 3.12. The highest BCUT2D eigenvalue weighted by Crippen LogP contribution is 2.38. The molecule has 1 aromatic carbocycles. The van der Waals surface area contributed by atoms with Gasteiger partial charge in [0.2, 0.25) is 0 Å². The summed E-state index contributed by atoms with van der Waals surface area (Å²) in [6.45, 7) is 2.70. The molecule has 0 aliphatic carbocycles. The lowest BCUT2D eigenvalue weighted by molar-refractivity contribution is -0.143. The maximum absolute atomic E-state index is 12.8. The number of aliphatic hydroxyl groups is 1. The Balaban J connectivity index is 3.45. The first-order valence-corrected chi connectivity index (χ1v) is 6.24. The SMILES string of the molecule is C=C[C@H](C(=O)CN)[C@H](O)c1cc(C(F)(F)F)cc(C(F)(F)F)c1. The maximum atomic E-state index is 12.8. The number of aliphatic hydroxyl groups excluding tert-OH is 1. The van der Waals surface area contributed by atoms with Crippen LogP contribution in [0.25, 0.3) is 0 Å². The van der Waals surface area contributed by atoms with Crippen LogP contribution in [0.5, 0.6) is 0 Å². The second kappa shape index (κ2) is 6.71. The lowest BCUT2D eigenvalue weighted by Gasteiger charge is -2.21. The predicted octanol–water partition coefficient (Wildman–Crippen LogP) is 3.09. The topological polar surface area (TPSA) is 63.3 Å². The van der Waals surface area contributed by atoms with Crippen molar-refractivity contribution in [1.82, 2.24) is 0 Å². The highest BCUT2D eigenvalue weighted by atomic mass is 19.4. The molecule has 0 radical (unpaired) electrons. The molecule has 0 aromatic heterocycles. The minimum atomic E-state index is -5.04. The molecular formula is C14H13F6NO2. The standard InChI is InChI=1S/C14H13F6NO2/c1-2-10(11(22)6-21)12(23)7-3-8(13(15,16)17)5-9(4-7)14(18,19)20/h2-5,10,12,23H,1,6,21H2/t10-,12-/m1/s1. The van der Waals surface area contributed by atoms with E-state index in [2.05, 4.69) is 6.58 Å². The van der Waals surface area contributed by atoms with Crippen molar-refractivity contribution < 1.29 is 36.2 Å². The normalized spacial score (nSPS) is 15.1. The van der Waals surface area contributed by atoms with E-state index in [0.29, 0.717) is 12.1 Å². The Morgan fingerprint density at radius 2 is 1.57 bits per heavy atom. The molecule has 0 amide bonds. The van der Waals surface area contributed by atoms with Gasteiger partial charge in [-0.05, 0) is 23.8 Å². The molecule has 0 bridgehead atoms. The molecule has 1 aromatic rings. The minimum Gasteiger partial charge on any atom is -0.387 e. The van der Waals surface area contributed by atoms with Gasteiger partial charge in [-0.2, -0.15) is 26.3 Å². The van der Waals surface area contributed by atoms with Gasteiger partial charge in [0.15, 0.2) is 5.78 Å². The van der Waals surface area contributed by atoms with Crippen LogP contribution >= 0.6 is 0 Å². The summed E-state index contributed by atoms with van der Waals surface area (Å²) in [5.74, 6) is -2.18. The summed E-state index contributed by atoms with van der Waals surface area (Å²) in [4.78, 5) is 11.5. The van der Waals surface area contributed by atoms with E-state index in [4.69, 9.17) is 5.73 Å². The number of ketones is 1. The first kappa shape index (κ1) is 19.2. The molecule has 9 heteroatoms. The summed E-state index contributed by atoms with van der Waals surface area (Å²) in [6.07, 6.45) is -11.1. The molecular weight excluding hydrogens is 328 g/mol. The Morgan fingerprint density at radius 1 is 1.13 bits per heavy atom. The third kappa shape index (κ3) is 4.55. The van der Waals surface area contributed by atoms with Crippen LogP contribution in [0.3, 0.4) is 0 Å². The number of rotatable bonds is 5. The smallest absolute Gasteiger partial charge is 0.387 e. The number of carbonyl (C=O) groups is 1. The number of alkyl halides is 6. The van der Waals surface area contributed by atoms with E-state index in [9.17, 15) is 36.2 Å². The summed E-state index contributed by atoms with van der Waals surface area (Å²) in [7, 11) is 0. The van der Waals surface area contributed by atoms with Crippen molar-refractivity contribution in [2.24, 2.45) is 11.7 Å². The molecule has 0 saturated carbocycles. The zero-order valence-corrected chi connectivity index (χ0v) is 11.6.